The molecule has 3 rings (SSSR count). The lowest BCUT2D eigenvalue weighted by Crippen LogP contribution is -2.07. The molecule has 0 unspecified atom stereocenters. The Bertz CT molecular complexity index is 740. The lowest BCUT2D eigenvalue weighted by Gasteiger charge is -2.24. The maximum absolute atomic E-state index is 10.9. The van der Waals surface area contributed by atoms with Crippen LogP contribution in [0.1, 0.15) is 59.6 Å². The van der Waals surface area contributed by atoms with Gasteiger partial charge < -0.3 is 5.11 Å². The summed E-state index contributed by atoms with van der Waals surface area (Å²) in [6, 6.07) is 6.75. The third-order valence-corrected chi connectivity index (χ3v) is 5.20. The first-order chi connectivity index (χ1) is 11.0. The van der Waals surface area contributed by atoms with Crippen LogP contribution in [0, 0.1) is 20.8 Å². The van der Waals surface area contributed by atoms with E-state index in [2.05, 4.69) is 39.0 Å². The van der Waals surface area contributed by atoms with Gasteiger partial charge in [0.25, 0.3) is 0 Å². The second kappa shape index (κ2) is 6.39. The topological polar surface area (TPSA) is 20.2 Å². The fraction of sp³-hybridized carbons (Fsp3) is 0.455. The van der Waals surface area contributed by atoms with Gasteiger partial charge in [0, 0.05) is 5.56 Å². The Morgan fingerprint density at radius 1 is 0.957 bits per heavy atom. The third kappa shape index (κ3) is 2.89. The zero-order chi connectivity index (χ0) is 16.6. The van der Waals surface area contributed by atoms with Crippen LogP contribution >= 0.6 is 0 Å². The second-order valence-corrected chi connectivity index (χ2v) is 7.12. The number of hydrogen-bond donors (Lipinski definition) is 1. The third-order valence-electron chi connectivity index (χ3n) is 5.20. The number of fused-ring (bicyclic) bond motifs is 1. The van der Waals surface area contributed by atoms with Crippen LogP contribution < -0.4 is 0 Å². The molecule has 23 heavy (non-hydrogen) atoms. The maximum atomic E-state index is 10.9. The minimum atomic E-state index is 0.494. The molecule has 0 bridgehead atoms. The summed E-state index contributed by atoms with van der Waals surface area (Å²) in [5, 5.41) is 10.9. The molecule has 2 aromatic rings. The molecule has 0 saturated carbocycles. The molecule has 2 aromatic carbocycles. The van der Waals surface area contributed by atoms with E-state index in [1.54, 1.807) is 0 Å². The summed E-state index contributed by atoms with van der Waals surface area (Å²) < 4.78 is 0. The molecular weight excluding hydrogens is 280 g/mol. The fourth-order valence-corrected chi connectivity index (χ4v) is 4.14. The lowest BCUT2D eigenvalue weighted by molar-refractivity contribution is 0.471. The van der Waals surface area contributed by atoms with Gasteiger partial charge in [-0.15, -0.1) is 0 Å². The summed E-state index contributed by atoms with van der Waals surface area (Å²) in [4.78, 5) is 0. The first-order valence-electron chi connectivity index (χ1n) is 8.97. The molecular formula is C22H28O. The summed E-state index contributed by atoms with van der Waals surface area (Å²) in [7, 11) is 0. The molecule has 1 aliphatic carbocycles. The van der Waals surface area contributed by atoms with Crippen LogP contribution in [0.4, 0.5) is 0 Å². The van der Waals surface area contributed by atoms with Crippen molar-refractivity contribution in [3.8, 4) is 16.9 Å². The molecule has 1 aliphatic rings. The average Bonchev–Trinajstić information content (AvgIpc) is 2.51. The highest BCUT2D eigenvalue weighted by Crippen LogP contribution is 2.43. The SMILES string of the molecule is CCCc1c(C)cc(C)cc1-c1c(O)c(C)cc2c1CCCC2. The molecule has 0 aromatic heterocycles. The van der Waals surface area contributed by atoms with Crippen LogP contribution in [-0.2, 0) is 19.3 Å². The number of rotatable bonds is 3. The highest BCUT2D eigenvalue weighted by Gasteiger charge is 2.22. The molecule has 0 heterocycles. The van der Waals surface area contributed by atoms with Gasteiger partial charge in [0.15, 0.2) is 0 Å². The van der Waals surface area contributed by atoms with Crippen LogP contribution in [-0.4, -0.2) is 5.11 Å². The minimum Gasteiger partial charge on any atom is -0.507 e. The van der Waals surface area contributed by atoms with Gasteiger partial charge in [0.05, 0.1) is 0 Å². The lowest BCUT2D eigenvalue weighted by atomic mass is 9.81. The van der Waals surface area contributed by atoms with Crippen molar-refractivity contribution in [2.45, 2.75) is 66.2 Å². The van der Waals surface area contributed by atoms with Crippen molar-refractivity contribution in [3.63, 3.8) is 0 Å². The molecule has 0 atom stereocenters. The fourth-order valence-electron chi connectivity index (χ4n) is 4.14. The highest BCUT2D eigenvalue weighted by molar-refractivity contribution is 5.80. The van der Waals surface area contributed by atoms with E-state index in [0.29, 0.717) is 5.75 Å². The van der Waals surface area contributed by atoms with E-state index in [-0.39, 0.29) is 0 Å². The molecule has 0 aliphatic heterocycles. The molecule has 0 saturated heterocycles. The standard InChI is InChI=1S/C22H28O/c1-5-8-18-15(3)11-14(2)12-20(18)21-19-10-7-6-9-17(19)13-16(4)22(21)23/h11-13,23H,5-10H2,1-4H3. The number of hydrogen-bond acceptors (Lipinski definition) is 1. The Kier molecular flexibility index (Phi) is 4.48. The van der Waals surface area contributed by atoms with Gasteiger partial charge >= 0.3 is 0 Å². The number of aryl methyl sites for hydroxylation is 4. The van der Waals surface area contributed by atoms with Gasteiger partial charge in [0.2, 0.25) is 0 Å². The van der Waals surface area contributed by atoms with Gasteiger partial charge in [-0.2, -0.15) is 0 Å². The molecule has 0 radical (unpaired) electrons. The van der Waals surface area contributed by atoms with Crippen LogP contribution in [0.3, 0.4) is 0 Å². The van der Waals surface area contributed by atoms with Crippen LogP contribution in [0.25, 0.3) is 11.1 Å². The van der Waals surface area contributed by atoms with Gasteiger partial charge in [-0.05, 0) is 86.3 Å². The molecule has 1 nitrogen and oxygen atoms in total. The summed E-state index contributed by atoms with van der Waals surface area (Å²) in [5.41, 5.74) is 10.3. The van der Waals surface area contributed by atoms with Crippen molar-refractivity contribution >= 4 is 0 Å². The van der Waals surface area contributed by atoms with Crippen molar-refractivity contribution in [1.29, 1.82) is 0 Å². The van der Waals surface area contributed by atoms with Crippen molar-refractivity contribution < 1.29 is 5.11 Å². The first kappa shape index (κ1) is 16.1. The predicted molar refractivity (Wildman–Crippen MR) is 98.4 cm³/mol. The largest absolute Gasteiger partial charge is 0.507 e. The zero-order valence-corrected chi connectivity index (χ0v) is 14.9. The second-order valence-electron chi connectivity index (χ2n) is 7.12. The Hall–Kier alpha value is -1.76. The van der Waals surface area contributed by atoms with Crippen molar-refractivity contribution in [2.24, 2.45) is 0 Å². The van der Waals surface area contributed by atoms with Gasteiger partial charge in [-0.25, -0.2) is 0 Å². The number of aromatic hydroxyl groups is 1. The zero-order valence-electron chi connectivity index (χ0n) is 14.9. The molecule has 0 fully saturated rings. The van der Waals surface area contributed by atoms with E-state index in [0.717, 1.165) is 36.8 Å². The van der Waals surface area contributed by atoms with Crippen LogP contribution in [0.2, 0.25) is 0 Å². The monoisotopic (exact) mass is 308 g/mol. The highest BCUT2D eigenvalue weighted by atomic mass is 16.3. The van der Waals surface area contributed by atoms with E-state index < -0.39 is 0 Å². The maximum Gasteiger partial charge on any atom is 0.126 e. The Labute approximate surface area is 140 Å². The molecule has 122 valence electrons. The van der Waals surface area contributed by atoms with Gasteiger partial charge in [0.1, 0.15) is 5.75 Å². The first-order valence-corrected chi connectivity index (χ1v) is 8.97. The number of phenolic OH excluding ortho intramolecular Hbond substituents is 1. The molecule has 0 amide bonds. The van der Waals surface area contributed by atoms with Gasteiger partial charge in [-0.1, -0.05) is 37.1 Å². The van der Waals surface area contributed by atoms with E-state index in [4.69, 9.17) is 0 Å². The van der Waals surface area contributed by atoms with E-state index in [1.807, 2.05) is 6.92 Å². The summed E-state index contributed by atoms with van der Waals surface area (Å²) >= 11 is 0. The number of phenols is 1. The van der Waals surface area contributed by atoms with Crippen molar-refractivity contribution in [2.75, 3.05) is 0 Å². The Morgan fingerprint density at radius 3 is 2.43 bits per heavy atom. The Morgan fingerprint density at radius 2 is 1.70 bits per heavy atom. The Balaban J connectivity index is 2.32. The normalized spacial score (nSPS) is 13.9. The van der Waals surface area contributed by atoms with E-state index in [1.165, 1.54) is 46.2 Å². The summed E-state index contributed by atoms with van der Waals surface area (Å²) in [6.45, 7) is 8.64. The van der Waals surface area contributed by atoms with Crippen LogP contribution in [0.5, 0.6) is 5.75 Å². The predicted octanol–water partition coefficient (Wildman–Crippen LogP) is 5.82. The number of benzene rings is 2. The van der Waals surface area contributed by atoms with Crippen LogP contribution in [0.15, 0.2) is 18.2 Å². The summed E-state index contributed by atoms with van der Waals surface area (Å²) in [6.07, 6.45) is 6.95. The molecule has 1 N–H and O–H groups in total. The quantitative estimate of drug-likeness (QED) is 0.758. The van der Waals surface area contributed by atoms with E-state index in [9.17, 15) is 5.11 Å². The minimum absolute atomic E-state index is 0.494. The summed E-state index contributed by atoms with van der Waals surface area (Å²) in [5.74, 6) is 0.494. The van der Waals surface area contributed by atoms with Crippen molar-refractivity contribution in [1.82, 2.24) is 0 Å². The van der Waals surface area contributed by atoms with Crippen molar-refractivity contribution in [3.05, 3.63) is 51.6 Å². The van der Waals surface area contributed by atoms with Gasteiger partial charge in [-0.3, -0.25) is 0 Å². The molecule has 0 spiro atoms. The smallest absolute Gasteiger partial charge is 0.126 e. The van der Waals surface area contributed by atoms with E-state index >= 15 is 0 Å². The average molecular weight is 308 g/mol. The molecule has 1 heteroatoms.